The van der Waals surface area contributed by atoms with Crippen LogP contribution in [0.5, 0.6) is 0 Å². The van der Waals surface area contributed by atoms with Crippen molar-refractivity contribution in [1.29, 1.82) is 0 Å². The van der Waals surface area contributed by atoms with E-state index in [4.69, 9.17) is 0 Å². The van der Waals surface area contributed by atoms with Gasteiger partial charge in [0.2, 0.25) is 0 Å². The third-order valence-electron chi connectivity index (χ3n) is 4.14. The molecule has 0 saturated heterocycles. The molecule has 0 aliphatic heterocycles. The second kappa shape index (κ2) is 14.4. The van der Waals surface area contributed by atoms with E-state index >= 15 is 0 Å². The van der Waals surface area contributed by atoms with Gasteiger partial charge >= 0.3 is 27.7 Å². The summed E-state index contributed by atoms with van der Waals surface area (Å²) in [5.74, 6) is 1.57. The Labute approximate surface area is 173 Å². The van der Waals surface area contributed by atoms with Crippen LogP contribution in [0, 0.1) is 19.3 Å². The fourth-order valence-electron chi connectivity index (χ4n) is 2.87. The molecule has 2 rings (SSSR count). The van der Waals surface area contributed by atoms with Crippen LogP contribution in [-0.2, 0) is 18.2 Å². The molecule has 2 saturated carbocycles. The summed E-state index contributed by atoms with van der Waals surface area (Å²) < 4.78 is 0. The SMILES string of the molecule is CC(C)(C)N=CC1CCCC1.CC(C)(C)N=CC1CCCC1.[CH3-].[Cl][Pd+]. The molecule has 0 amide bonds. The Morgan fingerprint density at radius 3 is 1.12 bits per heavy atom. The minimum absolute atomic E-state index is 0. The van der Waals surface area contributed by atoms with E-state index in [1.165, 1.54) is 51.4 Å². The molecule has 25 heavy (non-hydrogen) atoms. The number of halogens is 1. The van der Waals surface area contributed by atoms with Gasteiger partial charge in [0.25, 0.3) is 0 Å². The first kappa shape index (κ1) is 27.5. The molecule has 0 heterocycles. The summed E-state index contributed by atoms with van der Waals surface area (Å²) in [5, 5.41) is 0. The number of aliphatic imine (C=N–C) groups is 2. The Morgan fingerprint density at radius 2 is 0.920 bits per heavy atom. The van der Waals surface area contributed by atoms with Gasteiger partial charge in [-0.15, -0.1) is 0 Å². The molecule has 152 valence electrons. The third kappa shape index (κ3) is 17.5. The zero-order chi connectivity index (χ0) is 18.6. The van der Waals surface area contributed by atoms with Crippen molar-refractivity contribution >= 4 is 22.0 Å². The summed E-state index contributed by atoms with van der Waals surface area (Å²) in [6, 6.07) is 0. The van der Waals surface area contributed by atoms with Gasteiger partial charge in [-0.1, -0.05) is 25.7 Å². The summed E-state index contributed by atoms with van der Waals surface area (Å²) in [7, 11) is 4.49. The van der Waals surface area contributed by atoms with Crippen LogP contribution in [0.1, 0.15) is 92.9 Å². The molecule has 0 unspecified atom stereocenters. The summed E-state index contributed by atoms with van der Waals surface area (Å²) in [4.78, 5) is 9.03. The van der Waals surface area contributed by atoms with E-state index in [-0.39, 0.29) is 18.5 Å². The molecule has 2 aliphatic rings. The molecule has 2 aliphatic carbocycles. The molecule has 0 N–H and O–H groups in total. The van der Waals surface area contributed by atoms with Crippen molar-refractivity contribution in [2.45, 2.75) is 104 Å². The van der Waals surface area contributed by atoms with Crippen LogP contribution in [0.25, 0.3) is 0 Å². The van der Waals surface area contributed by atoms with E-state index in [1.807, 2.05) is 0 Å². The van der Waals surface area contributed by atoms with E-state index in [1.54, 1.807) is 0 Å². The number of rotatable bonds is 2. The van der Waals surface area contributed by atoms with Gasteiger partial charge in [-0.3, -0.25) is 9.98 Å². The molecule has 0 radical (unpaired) electrons. The molecule has 0 bridgehead atoms. The molecule has 4 heteroatoms. The van der Waals surface area contributed by atoms with Crippen molar-refractivity contribution in [1.82, 2.24) is 0 Å². The minimum atomic E-state index is 0. The molecule has 0 aromatic carbocycles. The second-order valence-electron chi connectivity index (χ2n) is 8.99. The van der Waals surface area contributed by atoms with Gasteiger partial charge in [0.1, 0.15) is 0 Å². The maximum absolute atomic E-state index is 4.51. The van der Waals surface area contributed by atoms with Crippen LogP contribution in [0.15, 0.2) is 9.98 Å². The molecule has 2 fully saturated rings. The van der Waals surface area contributed by atoms with Gasteiger partial charge in [0, 0.05) is 12.4 Å². The molecule has 0 atom stereocenters. The second-order valence-corrected chi connectivity index (χ2v) is 8.99. The summed E-state index contributed by atoms with van der Waals surface area (Å²) in [5.41, 5.74) is 0.255. The Kier molecular flexibility index (Phi) is 15.8. The Bertz CT molecular complexity index is 319. The standard InChI is InChI=1S/2C10H19N.CH3.ClH.Pd/c2*1-10(2,3)11-8-9-6-4-5-7-9;;;/h2*8-9H,4-7H2,1-3H3;1H3;1H;/q;;-1;;+2/p-1. The first-order chi connectivity index (χ1) is 11.2. The predicted octanol–water partition coefficient (Wildman–Crippen LogP) is 7.23. The summed E-state index contributed by atoms with van der Waals surface area (Å²) in [6.45, 7) is 12.9. The Morgan fingerprint density at radius 1 is 0.680 bits per heavy atom. The van der Waals surface area contributed by atoms with Crippen LogP contribution >= 0.6 is 9.53 Å². The van der Waals surface area contributed by atoms with Crippen molar-refractivity contribution in [3.8, 4) is 0 Å². The summed E-state index contributed by atoms with van der Waals surface area (Å²) in [6.07, 6.45) is 15.4. The van der Waals surface area contributed by atoms with Gasteiger partial charge in [0.15, 0.2) is 0 Å². The molecule has 2 nitrogen and oxygen atoms in total. The topological polar surface area (TPSA) is 24.7 Å². The molecule has 0 aromatic rings. The van der Waals surface area contributed by atoms with Crippen molar-refractivity contribution in [3.05, 3.63) is 7.43 Å². The van der Waals surface area contributed by atoms with Crippen LogP contribution < -0.4 is 0 Å². The molecular formula is C21H41ClN2Pd. The first-order valence-electron chi connectivity index (χ1n) is 9.38. The first-order valence-corrected chi connectivity index (χ1v) is 11.4. The molecule has 0 aromatic heterocycles. The number of nitrogens with zero attached hydrogens (tertiary/aromatic N) is 2. The van der Waals surface area contributed by atoms with Crippen LogP contribution in [0.4, 0.5) is 0 Å². The molecular weight excluding hydrogens is 422 g/mol. The molecule has 0 spiro atoms. The number of hydrogen-bond acceptors (Lipinski definition) is 2. The van der Waals surface area contributed by atoms with Crippen molar-refractivity contribution in [3.63, 3.8) is 0 Å². The average molecular weight is 463 g/mol. The van der Waals surface area contributed by atoms with Gasteiger partial charge in [-0.25, -0.2) is 0 Å². The van der Waals surface area contributed by atoms with Gasteiger partial charge in [-0.2, -0.15) is 0 Å². The van der Waals surface area contributed by atoms with Gasteiger partial charge < -0.3 is 7.43 Å². The Balaban J connectivity index is 0. The van der Waals surface area contributed by atoms with Crippen LogP contribution in [0.2, 0.25) is 0 Å². The monoisotopic (exact) mass is 462 g/mol. The zero-order valence-electron chi connectivity index (χ0n) is 17.6. The Hall–Kier alpha value is 0.292. The van der Waals surface area contributed by atoms with Crippen molar-refractivity contribution < 1.29 is 18.2 Å². The van der Waals surface area contributed by atoms with Gasteiger partial charge in [0.05, 0.1) is 11.1 Å². The summed E-state index contributed by atoms with van der Waals surface area (Å²) >= 11 is 2.22. The van der Waals surface area contributed by atoms with Crippen molar-refractivity contribution in [2.75, 3.05) is 0 Å². The maximum atomic E-state index is 4.51. The van der Waals surface area contributed by atoms with E-state index in [2.05, 4.69) is 91.7 Å². The zero-order valence-corrected chi connectivity index (χ0v) is 19.9. The normalized spacial score (nSPS) is 19.4. The van der Waals surface area contributed by atoms with Crippen LogP contribution in [-0.4, -0.2) is 23.5 Å². The fraction of sp³-hybridized carbons (Fsp3) is 0.857. The van der Waals surface area contributed by atoms with E-state index in [9.17, 15) is 0 Å². The van der Waals surface area contributed by atoms with Crippen LogP contribution in [0.3, 0.4) is 0 Å². The van der Waals surface area contributed by atoms with E-state index < -0.39 is 0 Å². The number of hydrogen-bond donors (Lipinski definition) is 0. The predicted molar refractivity (Wildman–Crippen MR) is 113 cm³/mol. The van der Waals surface area contributed by atoms with E-state index in [0.717, 1.165) is 11.8 Å². The fourth-order valence-corrected chi connectivity index (χ4v) is 2.87. The van der Waals surface area contributed by atoms with E-state index in [0.29, 0.717) is 0 Å². The quantitative estimate of drug-likeness (QED) is 0.235. The van der Waals surface area contributed by atoms with Crippen molar-refractivity contribution in [2.24, 2.45) is 21.8 Å². The average Bonchev–Trinajstić information content (AvgIpc) is 3.18. The third-order valence-corrected chi connectivity index (χ3v) is 4.14. The van der Waals surface area contributed by atoms with Gasteiger partial charge in [-0.05, 0) is 79.1 Å².